The summed E-state index contributed by atoms with van der Waals surface area (Å²) in [6.45, 7) is 0.534. The third kappa shape index (κ3) is 6.15. The highest BCUT2D eigenvalue weighted by atomic mass is 16.5. The summed E-state index contributed by atoms with van der Waals surface area (Å²) >= 11 is 0. The topological polar surface area (TPSA) is 122 Å². The van der Waals surface area contributed by atoms with Gasteiger partial charge in [-0.15, -0.1) is 0 Å². The Balaban J connectivity index is 1.16. The number of nitrogens with one attached hydrogen (secondary N) is 1. The number of amides is 2. The molecule has 9 nitrogen and oxygen atoms in total. The SMILES string of the molecule is O=C(O)CCN(Cc1ccccc1)C(=O)c1cnc(CNC(=O)OCC2c3ccccc3-c3ccccc32)nc1. The first-order valence-electron chi connectivity index (χ1n) is 12.9. The summed E-state index contributed by atoms with van der Waals surface area (Å²) in [7, 11) is 0. The molecule has 3 aromatic carbocycles. The average Bonchev–Trinajstić information content (AvgIpc) is 3.31. The first kappa shape index (κ1) is 26.6. The molecule has 202 valence electrons. The molecule has 4 aromatic rings. The van der Waals surface area contributed by atoms with Crippen LogP contribution in [0.5, 0.6) is 0 Å². The molecule has 1 aromatic heterocycles. The van der Waals surface area contributed by atoms with Gasteiger partial charge in [0.1, 0.15) is 12.4 Å². The van der Waals surface area contributed by atoms with Crippen molar-refractivity contribution in [3.8, 4) is 11.1 Å². The smallest absolute Gasteiger partial charge is 0.407 e. The summed E-state index contributed by atoms with van der Waals surface area (Å²) < 4.78 is 5.54. The van der Waals surface area contributed by atoms with Crippen LogP contribution >= 0.6 is 0 Å². The predicted octanol–water partition coefficient (Wildman–Crippen LogP) is 4.63. The van der Waals surface area contributed by atoms with Gasteiger partial charge in [-0.1, -0.05) is 78.9 Å². The van der Waals surface area contributed by atoms with Gasteiger partial charge in [0.25, 0.3) is 5.91 Å². The van der Waals surface area contributed by atoms with Gasteiger partial charge in [0.05, 0.1) is 18.5 Å². The molecule has 0 radical (unpaired) electrons. The first-order valence-corrected chi connectivity index (χ1v) is 12.9. The van der Waals surface area contributed by atoms with Gasteiger partial charge in [-0.25, -0.2) is 14.8 Å². The molecule has 2 amide bonds. The molecule has 1 heterocycles. The van der Waals surface area contributed by atoms with Crippen LogP contribution in [0.3, 0.4) is 0 Å². The Morgan fingerprint density at radius 1 is 0.850 bits per heavy atom. The lowest BCUT2D eigenvalue weighted by atomic mass is 9.98. The zero-order valence-corrected chi connectivity index (χ0v) is 21.7. The molecule has 0 aliphatic heterocycles. The molecule has 0 fully saturated rings. The number of carbonyl (C=O) groups excluding carboxylic acids is 2. The normalized spacial score (nSPS) is 11.8. The number of aromatic nitrogens is 2. The lowest BCUT2D eigenvalue weighted by Crippen LogP contribution is -2.33. The van der Waals surface area contributed by atoms with E-state index >= 15 is 0 Å². The van der Waals surface area contributed by atoms with Gasteiger partial charge in [0.2, 0.25) is 0 Å². The number of hydrogen-bond acceptors (Lipinski definition) is 6. The van der Waals surface area contributed by atoms with Gasteiger partial charge in [-0.2, -0.15) is 0 Å². The molecule has 0 unspecified atom stereocenters. The van der Waals surface area contributed by atoms with Crippen molar-refractivity contribution in [1.29, 1.82) is 0 Å². The van der Waals surface area contributed by atoms with E-state index in [1.807, 2.05) is 54.6 Å². The van der Waals surface area contributed by atoms with E-state index in [9.17, 15) is 14.4 Å². The van der Waals surface area contributed by atoms with E-state index in [-0.39, 0.29) is 50.1 Å². The Labute approximate surface area is 231 Å². The molecule has 1 aliphatic carbocycles. The first-order chi connectivity index (χ1) is 19.5. The fourth-order valence-corrected chi connectivity index (χ4v) is 4.83. The van der Waals surface area contributed by atoms with Crippen molar-refractivity contribution >= 4 is 18.0 Å². The molecule has 9 heteroatoms. The molecule has 40 heavy (non-hydrogen) atoms. The number of alkyl carbamates (subject to hydrolysis) is 1. The average molecular weight is 537 g/mol. The maximum Gasteiger partial charge on any atom is 0.407 e. The molecule has 0 spiro atoms. The summed E-state index contributed by atoms with van der Waals surface area (Å²) in [5.74, 6) is -1.09. The van der Waals surface area contributed by atoms with Crippen LogP contribution in [-0.4, -0.2) is 51.1 Å². The van der Waals surface area contributed by atoms with Crippen LogP contribution in [0, 0.1) is 0 Å². The minimum atomic E-state index is -0.989. The third-order valence-corrected chi connectivity index (χ3v) is 6.79. The van der Waals surface area contributed by atoms with Gasteiger partial charge in [0, 0.05) is 31.4 Å². The van der Waals surface area contributed by atoms with E-state index in [0.717, 1.165) is 27.8 Å². The van der Waals surface area contributed by atoms with Crippen LogP contribution < -0.4 is 5.32 Å². The molecule has 0 bridgehead atoms. The Kier molecular flexibility index (Phi) is 8.10. The van der Waals surface area contributed by atoms with Crippen molar-refractivity contribution < 1.29 is 24.2 Å². The van der Waals surface area contributed by atoms with Crippen molar-refractivity contribution in [1.82, 2.24) is 20.2 Å². The second-order valence-corrected chi connectivity index (χ2v) is 9.42. The molecule has 0 saturated carbocycles. The number of nitrogens with zero attached hydrogens (tertiary/aromatic N) is 3. The number of fused-ring (bicyclic) bond motifs is 3. The summed E-state index contributed by atoms with van der Waals surface area (Å²) in [4.78, 5) is 46.5. The van der Waals surface area contributed by atoms with E-state index in [1.165, 1.54) is 17.3 Å². The fraction of sp³-hybridized carbons (Fsp3) is 0.194. The lowest BCUT2D eigenvalue weighted by molar-refractivity contribution is -0.137. The number of ether oxygens (including phenoxy) is 1. The Morgan fingerprint density at radius 3 is 2.08 bits per heavy atom. The van der Waals surface area contributed by atoms with Crippen LogP contribution in [0.4, 0.5) is 4.79 Å². The second-order valence-electron chi connectivity index (χ2n) is 9.42. The molecular weight excluding hydrogens is 508 g/mol. The fourth-order valence-electron chi connectivity index (χ4n) is 4.83. The molecular formula is C31H28N4O5. The molecule has 5 rings (SSSR count). The Hall–Kier alpha value is -5.05. The summed E-state index contributed by atoms with van der Waals surface area (Å²) in [5, 5.41) is 11.8. The second kappa shape index (κ2) is 12.2. The van der Waals surface area contributed by atoms with Crippen LogP contribution in [0.15, 0.2) is 91.3 Å². The monoisotopic (exact) mass is 536 g/mol. The highest BCUT2D eigenvalue weighted by Crippen LogP contribution is 2.44. The van der Waals surface area contributed by atoms with Crippen molar-refractivity contribution in [2.24, 2.45) is 0 Å². The number of rotatable bonds is 10. The zero-order valence-electron chi connectivity index (χ0n) is 21.7. The lowest BCUT2D eigenvalue weighted by Gasteiger charge is -2.22. The maximum absolute atomic E-state index is 13.1. The number of benzene rings is 3. The Morgan fingerprint density at radius 2 is 1.45 bits per heavy atom. The van der Waals surface area contributed by atoms with Crippen molar-refractivity contribution in [2.75, 3.05) is 13.2 Å². The number of carboxylic acids is 1. The van der Waals surface area contributed by atoms with E-state index < -0.39 is 12.1 Å². The van der Waals surface area contributed by atoms with Gasteiger partial charge in [-0.3, -0.25) is 9.59 Å². The van der Waals surface area contributed by atoms with E-state index in [0.29, 0.717) is 5.82 Å². The molecule has 0 atom stereocenters. The molecule has 0 saturated heterocycles. The predicted molar refractivity (Wildman–Crippen MR) is 147 cm³/mol. The maximum atomic E-state index is 13.1. The van der Waals surface area contributed by atoms with E-state index in [2.05, 4.69) is 39.6 Å². The number of carboxylic acid groups (broad SMARTS) is 1. The highest BCUT2D eigenvalue weighted by molar-refractivity contribution is 5.93. The third-order valence-electron chi connectivity index (χ3n) is 6.79. The minimum absolute atomic E-state index is 0.0257. The molecule has 2 N–H and O–H groups in total. The summed E-state index contributed by atoms with van der Waals surface area (Å²) in [6, 6.07) is 25.6. The number of carbonyl (C=O) groups is 3. The summed E-state index contributed by atoms with van der Waals surface area (Å²) in [5.41, 5.74) is 5.67. The van der Waals surface area contributed by atoms with Crippen LogP contribution in [0.1, 0.15) is 45.2 Å². The van der Waals surface area contributed by atoms with Gasteiger partial charge < -0.3 is 20.1 Å². The largest absolute Gasteiger partial charge is 0.481 e. The standard InChI is InChI=1S/C31H28N4O5/c36-29(37)14-15-35(19-21-8-2-1-3-9-21)30(38)22-16-32-28(33-17-22)18-34-31(39)40-20-27-25-12-6-4-10-23(25)24-11-5-7-13-26(24)27/h1-13,16-17,27H,14-15,18-20H2,(H,34,39)(H,36,37). The Bertz CT molecular complexity index is 1460. The van der Waals surface area contributed by atoms with Gasteiger partial charge in [0.15, 0.2) is 0 Å². The van der Waals surface area contributed by atoms with Gasteiger partial charge in [-0.05, 0) is 27.8 Å². The number of hydrogen-bond donors (Lipinski definition) is 2. The zero-order chi connectivity index (χ0) is 27.9. The molecule has 1 aliphatic rings. The van der Waals surface area contributed by atoms with Crippen LogP contribution in [-0.2, 0) is 22.6 Å². The van der Waals surface area contributed by atoms with Crippen molar-refractivity contribution in [3.63, 3.8) is 0 Å². The highest BCUT2D eigenvalue weighted by Gasteiger charge is 2.29. The van der Waals surface area contributed by atoms with Crippen LogP contribution in [0.2, 0.25) is 0 Å². The number of aliphatic carboxylic acids is 1. The summed E-state index contributed by atoms with van der Waals surface area (Å²) in [6.07, 6.45) is 1.99. The van der Waals surface area contributed by atoms with Crippen molar-refractivity contribution in [2.45, 2.75) is 25.4 Å². The van der Waals surface area contributed by atoms with Crippen LogP contribution in [0.25, 0.3) is 11.1 Å². The van der Waals surface area contributed by atoms with Crippen molar-refractivity contribution in [3.05, 3.63) is 119 Å². The van der Waals surface area contributed by atoms with Gasteiger partial charge >= 0.3 is 12.1 Å². The van der Waals surface area contributed by atoms with E-state index in [4.69, 9.17) is 9.84 Å². The minimum Gasteiger partial charge on any atom is -0.481 e. The van der Waals surface area contributed by atoms with E-state index in [1.54, 1.807) is 0 Å². The quantitative estimate of drug-likeness (QED) is 0.303.